The molecule has 2 heterocycles. The van der Waals surface area contributed by atoms with E-state index in [0.29, 0.717) is 11.4 Å². The Bertz CT molecular complexity index is 746. The minimum absolute atomic E-state index is 0.0309. The van der Waals surface area contributed by atoms with E-state index in [1.54, 1.807) is 17.4 Å². The van der Waals surface area contributed by atoms with Gasteiger partial charge in [-0.05, 0) is 43.0 Å². The van der Waals surface area contributed by atoms with Crippen LogP contribution in [0.15, 0.2) is 35.7 Å². The summed E-state index contributed by atoms with van der Waals surface area (Å²) in [6.45, 7) is 3.87. The fourth-order valence-electron chi connectivity index (χ4n) is 2.50. The van der Waals surface area contributed by atoms with E-state index in [1.807, 2.05) is 43.5 Å². The van der Waals surface area contributed by atoms with Crippen molar-refractivity contribution in [1.82, 2.24) is 10.6 Å². The summed E-state index contributed by atoms with van der Waals surface area (Å²) in [6.07, 6.45) is 0. The van der Waals surface area contributed by atoms with E-state index in [0.717, 1.165) is 10.4 Å². The first-order chi connectivity index (χ1) is 11.5. The van der Waals surface area contributed by atoms with Crippen molar-refractivity contribution >= 4 is 29.0 Å². The number of hydrogen-bond donors (Lipinski definition) is 3. The lowest BCUT2D eigenvalue weighted by Crippen LogP contribution is -2.38. The standard InChI is InChI=1S/C17H19N3O3S/c1-10(18-17(22)19-11(2)15-4-3-7-24-15)12-5-6-14-13(8-12)20-16(21)9-23-14/h3-8,10-11H,9H2,1-2H3,(H,20,21)(H2,18,19,22)/t10-,11-/m0/s1. The third-order valence-corrected chi connectivity index (χ3v) is 4.86. The van der Waals surface area contributed by atoms with E-state index >= 15 is 0 Å². The average Bonchev–Trinajstić information content (AvgIpc) is 3.08. The van der Waals surface area contributed by atoms with Gasteiger partial charge in [0, 0.05) is 4.88 Å². The molecule has 1 aromatic carbocycles. The lowest BCUT2D eigenvalue weighted by Gasteiger charge is -2.21. The smallest absolute Gasteiger partial charge is 0.315 e. The number of carbonyl (C=O) groups excluding carboxylic acids is 2. The number of fused-ring (bicyclic) bond motifs is 1. The Morgan fingerprint density at radius 1 is 1.25 bits per heavy atom. The molecule has 7 heteroatoms. The van der Waals surface area contributed by atoms with Crippen molar-refractivity contribution in [1.29, 1.82) is 0 Å². The SMILES string of the molecule is C[C@H](NC(=O)N[C@@H](C)c1cccs1)c1ccc2c(c1)NC(=O)CO2. The lowest BCUT2D eigenvalue weighted by atomic mass is 10.1. The molecule has 0 spiro atoms. The van der Waals surface area contributed by atoms with Gasteiger partial charge in [0.2, 0.25) is 0 Å². The van der Waals surface area contributed by atoms with Gasteiger partial charge in [-0.1, -0.05) is 12.1 Å². The summed E-state index contributed by atoms with van der Waals surface area (Å²) < 4.78 is 5.33. The van der Waals surface area contributed by atoms with Crippen molar-refractivity contribution in [2.24, 2.45) is 0 Å². The molecule has 1 aliphatic rings. The van der Waals surface area contributed by atoms with Crippen molar-refractivity contribution in [3.8, 4) is 5.75 Å². The van der Waals surface area contributed by atoms with Gasteiger partial charge in [-0.15, -0.1) is 11.3 Å². The van der Waals surface area contributed by atoms with E-state index in [1.165, 1.54) is 0 Å². The van der Waals surface area contributed by atoms with Crippen LogP contribution in [-0.2, 0) is 4.79 Å². The first-order valence-electron chi connectivity index (χ1n) is 7.70. The Morgan fingerprint density at radius 2 is 2.04 bits per heavy atom. The van der Waals surface area contributed by atoms with Crippen LogP contribution in [0.1, 0.15) is 36.4 Å². The summed E-state index contributed by atoms with van der Waals surface area (Å²) in [7, 11) is 0. The largest absolute Gasteiger partial charge is 0.482 e. The van der Waals surface area contributed by atoms with Crippen LogP contribution in [0.4, 0.5) is 10.5 Å². The number of anilines is 1. The number of carbonyl (C=O) groups is 2. The molecule has 1 aromatic heterocycles. The normalized spacial score (nSPS) is 15.5. The van der Waals surface area contributed by atoms with Gasteiger partial charge in [0.05, 0.1) is 17.8 Å². The molecule has 24 heavy (non-hydrogen) atoms. The zero-order valence-corrected chi connectivity index (χ0v) is 14.3. The first kappa shape index (κ1) is 16.3. The summed E-state index contributed by atoms with van der Waals surface area (Å²) in [4.78, 5) is 24.7. The molecule has 3 amide bonds. The molecule has 3 rings (SSSR count). The maximum Gasteiger partial charge on any atom is 0.315 e. The second-order valence-corrected chi connectivity index (χ2v) is 6.65. The van der Waals surface area contributed by atoms with Crippen molar-refractivity contribution < 1.29 is 14.3 Å². The van der Waals surface area contributed by atoms with Crippen LogP contribution in [-0.4, -0.2) is 18.5 Å². The fraction of sp³-hybridized carbons (Fsp3) is 0.294. The number of hydrogen-bond acceptors (Lipinski definition) is 4. The summed E-state index contributed by atoms with van der Waals surface area (Å²) in [5.41, 5.74) is 1.52. The summed E-state index contributed by atoms with van der Waals surface area (Å²) in [5.74, 6) is 0.462. The van der Waals surface area contributed by atoms with Gasteiger partial charge in [0.25, 0.3) is 5.91 Å². The molecule has 3 N–H and O–H groups in total. The number of urea groups is 1. The van der Waals surface area contributed by atoms with Crippen LogP contribution in [0.3, 0.4) is 0 Å². The monoisotopic (exact) mass is 345 g/mol. The zero-order chi connectivity index (χ0) is 17.1. The molecular formula is C17H19N3O3S. The number of amides is 3. The van der Waals surface area contributed by atoms with Gasteiger partial charge in [-0.25, -0.2) is 4.79 Å². The van der Waals surface area contributed by atoms with Gasteiger partial charge >= 0.3 is 6.03 Å². The fourth-order valence-corrected chi connectivity index (χ4v) is 3.23. The van der Waals surface area contributed by atoms with E-state index in [9.17, 15) is 9.59 Å². The van der Waals surface area contributed by atoms with Crippen LogP contribution >= 0.6 is 11.3 Å². The predicted molar refractivity (Wildman–Crippen MR) is 93.4 cm³/mol. The molecule has 0 bridgehead atoms. The Labute approximate surface area is 144 Å². The number of thiophene rings is 1. The molecular weight excluding hydrogens is 326 g/mol. The number of nitrogens with one attached hydrogen (secondary N) is 3. The molecule has 0 aliphatic carbocycles. The van der Waals surface area contributed by atoms with Gasteiger partial charge < -0.3 is 20.7 Å². The summed E-state index contributed by atoms with van der Waals surface area (Å²) >= 11 is 1.61. The third-order valence-electron chi connectivity index (χ3n) is 3.80. The predicted octanol–water partition coefficient (Wildman–Crippen LogP) is 3.20. The molecule has 0 saturated heterocycles. The maximum atomic E-state index is 12.2. The van der Waals surface area contributed by atoms with E-state index in [2.05, 4.69) is 16.0 Å². The van der Waals surface area contributed by atoms with E-state index in [-0.39, 0.29) is 30.6 Å². The third kappa shape index (κ3) is 3.68. The van der Waals surface area contributed by atoms with Crippen LogP contribution in [0.25, 0.3) is 0 Å². The van der Waals surface area contributed by atoms with Crippen LogP contribution < -0.4 is 20.7 Å². The Balaban J connectivity index is 1.62. The van der Waals surface area contributed by atoms with Gasteiger partial charge in [-0.2, -0.15) is 0 Å². The molecule has 0 radical (unpaired) electrons. The van der Waals surface area contributed by atoms with E-state index in [4.69, 9.17) is 4.74 Å². The second-order valence-electron chi connectivity index (χ2n) is 5.67. The highest BCUT2D eigenvalue weighted by atomic mass is 32.1. The quantitative estimate of drug-likeness (QED) is 0.796. The van der Waals surface area contributed by atoms with Crippen molar-refractivity contribution in [3.63, 3.8) is 0 Å². The maximum absolute atomic E-state index is 12.2. The summed E-state index contributed by atoms with van der Waals surface area (Å²) in [6, 6.07) is 8.96. The minimum atomic E-state index is -0.235. The highest BCUT2D eigenvalue weighted by molar-refractivity contribution is 7.10. The van der Waals surface area contributed by atoms with E-state index < -0.39 is 0 Å². The Kier molecular flexibility index (Phi) is 4.71. The number of rotatable bonds is 4. The van der Waals surface area contributed by atoms with Crippen molar-refractivity contribution in [2.45, 2.75) is 25.9 Å². The highest BCUT2D eigenvalue weighted by Gasteiger charge is 2.18. The molecule has 0 saturated carbocycles. The zero-order valence-electron chi connectivity index (χ0n) is 13.5. The summed E-state index contributed by atoms with van der Waals surface area (Å²) in [5, 5.41) is 10.6. The van der Waals surface area contributed by atoms with Crippen molar-refractivity contribution in [2.75, 3.05) is 11.9 Å². The van der Waals surface area contributed by atoms with Gasteiger partial charge in [0.1, 0.15) is 5.75 Å². The number of ether oxygens (including phenoxy) is 1. The minimum Gasteiger partial charge on any atom is -0.482 e. The highest BCUT2D eigenvalue weighted by Crippen LogP contribution is 2.30. The average molecular weight is 345 g/mol. The molecule has 0 fully saturated rings. The Hall–Kier alpha value is -2.54. The van der Waals surface area contributed by atoms with Gasteiger partial charge in [-0.3, -0.25) is 4.79 Å². The molecule has 0 unspecified atom stereocenters. The number of benzene rings is 1. The molecule has 2 aromatic rings. The van der Waals surface area contributed by atoms with Crippen molar-refractivity contribution in [3.05, 3.63) is 46.2 Å². The first-order valence-corrected chi connectivity index (χ1v) is 8.58. The lowest BCUT2D eigenvalue weighted by molar-refractivity contribution is -0.118. The van der Waals surface area contributed by atoms with Crippen LogP contribution in [0.5, 0.6) is 5.75 Å². The molecule has 2 atom stereocenters. The van der Waals surface area contributed by atoms with Crippen LogP contribution in [0, 0.1) is 0 Å². The van der Waals surface area contributed by atoms with Crippen LogP contribution in [0.2, 0.25) is 0 Å². The topological polar surface area (TPSA) is 79.5 Å². The van der Waals surface area contributed by atoms with Gasteiger partial charge in [0.15, 0.2) is 6.61 Å². The molecule has 6 nitrogen and oxygen atoms in total. The molecule has 1 aliphatic heterocycles. The molecule has 126 valence electrons. The second kappa shape index (κ2) is 6.92. The Morgan fingerprint density at radius 3 is 2.79 bits per heavy atom.